The van der Waals surface area contributed by atoms with Crippen LogP contribution in [0.5, 0.6) is 11.5 Å². The predicted molar refractivity (Wildman–Crippen MR) is 103 cm³/mol. The third-order valence-corrected chi connectivity index (χ3v) is 5.24. The first-order chi connectivity index (χ1) is 14.1. The highest BCUT2D eigenvalue weighted by Crippen LogP contribution is 2.39. The molecule has 8 N–H and O–H groups in total. The van der Waals surface area contributed by atoms with Gasteiger partial charge >= 0.3 is 18.6 Å². The SMILES string of the molecule is N[C@@H](CCC([NH3+])=O)CC(=O)N1CC(Oc2ccc3c(c2C(=O)O)O[B-](O)(O)CC3)C1. The Morgan fingerprint density at radius 1 is 1.33 bits per heavy atom. The van der Waals surface area contributed by atoms with Crippen LogP contribution < -0.4 is 20.9 Å². The van der Waals surface area contributed by atoms with Gasteiger partial charge in [-0.3, -0.25) is 10.5 Å². The maximum Gasteiger partial charge on any atom is 0.430 e. The molecule has 1 atom stereocenters. The number of carbonyl (C=O) groups is 3. The highest BCUT2D eigenvalue weighted by Gasteiger charge is 2.36. The lowest BCUT2D eigenvalue weighted by Crippen LogP contribution is -2.57. The van der Waals surface area contributed by atoms with Gasteiger partial charge < -0.3 is 35.2 Å². The number of nitrogens with zero attached hydrogens (tertiary/aromatic N) is 1. The van der Waals surface area contributed by atoms with E-state index < -0.39 is 24.9 Å². The summed E-state index contributed by atoms with van der Waals surface area (Å²) < 4.78 is 10.9. The van der Waals surface area contributed by atoms with E-state index in [2.05, 4.69) is 5.73 Å². The van der Waals surface area contributed by atoms with Crippen molar-refractivity contribution in [3.8, 4) is 11.5 Å². The summed E-state index contributed by atoms with van der Waals surface area (Å²) in [7, 11) is 0. The summed E-state index contributed by atoms with van der Waals surface area (Å²) in [6, 6.07) is 2.71. The molecule has 0 unspecified atom stereocenters. The highest BCUT2D eigenvalue weighted by atomic mass is 16.6. The summed E-state index contributed by atoms with van der Waals surface area (Å²) in [6.07, 6.45) is 0.556. The van der Waals surface area contributed by atoms with Gasteiger partial charge in [0.2, 0.25) is 5.91 Å². The van der Waals surface area contributed by atoms with E-state index in [4.69, 9.17) is 15.1 Å². The molecule has 2 heterocycles. The number of benzene rings is 1. The third-order valence-electron chi connectivity index (χ3n) is 5.24. The summed E-state index contributed by atoms with van der Waals surface area (Å²) in [5.74, 6) is -1.76. The van der Waals surface area contributed by atoms with E-state index in [0.717, 1.165) is 0 Å². The molecule has 0 spiro atoms. The summed E-state index contributed by atoms with van der Waals surface area (Å²) in [5, 5.41) is 29.2. The maximum atomic E-state index is 12.2. The zero-order chi connectivity index (χ0) is 22.1. The second kappa shape index (κ2) is 8.60. The largest absolute Gasteiger partial charge is 0.669 e. The molecule has 2 aliphatic heterocycles. The number of amides is 2. The first-order valence-corrected chi connectivity index (χ1v) is 9.79. The molecule has 2 aliphatic rings. The van der Waals surface area contributed by atoms with Gasteiger partial charge in [0.25, 0.3) is 0 Å². The second-order valence-electron chi connectivity index (χ2n) is 7.83. The maximum absolute atomic E-state index is 12.2. The Morgan fingerprint density at radius 2 is 2.03 bits per heavy atom. The molecular formula is C18H26BN3O8. The average molecular weight is 423 g/mol. The molecule has 0 radical (unpaired) electrons. The van der Waals surface area contributed by atoms with Crippen LogP contribution in [-0.4, -0.2) is 69.8 Å². The standard InChI is InChI=1S/C18H25BN3O8/c20-11(2-4-14(21)23)7-15(24)22-8-12(9-22)29-13-3-1-10-5-6-19(27,28)30-17(10)16(13)18(25)26/h1,3,11-12,27-28H,2,4-9,20H2,(H2,21,23)(H,25,26)/q-1/p+1/t11-/m0/s1. The molecule has 30 heavy (non-hydrogen) atoms. The van der Waals surface area contributed by atoms with Crippen LogP contribution in [0.2, 0.25) is 6.32 Å². The quantitative estimate of drug-likeness (QED) is 0.298. The first kappa shape index (κ1) is 22.0. The number of hydrogen-bond donors (Lipinski definition) is 5. The Hall–Kier alpha value is -2.67. The lowest BCUT2D eigenvalue weighted by Gasteiger charge is -2.40. The molecule has 11 nitrogen and oxygen atoms in total. The minimum absolute atomic E-state index is 0.0168. The van der Waals surface area contributed by atoms with E-state index in [1.807, 2.05) is 0 Å². The molecule has 1 saturated heterocycles. The van der Waals surface area contributed by atoms with Crippen molar-refractivity contribution in [3.63, 3.8) is 0 Å². The molecule has 3 rings (SSSR count). The average Bonchev–Trinajstić information content (AvgIpc) is 2.60. The first-order valence-electron chi connectivity index (χ1n) is 9.79. The number of carboxylic acid groups (broad SMARTS) is 1. The van der Waals surface area contributed by atoms with Gasteiger partial charge in [-0.2, -0.15) is 0 Å². The molecule has 0 bridgehead atoms. The van der Waals surface area contributed by atoms with E-state index >= 15 is 0 Å². The zero-order valence-electron chi connectivity index (χ0n) is 16.5. The number of rotatable bonds is 8. The number of aryl methyl sites for hydroxylation is 1. The van der Waals surface area contributed by atoms with E-state index in [-0.39, 0.29) is 67.5 Å². The van der Waals surface area contributed by atoms with Gasteiger partial charge in [0.15, 0.2) is 0 Å². The van der Waals surface area contributed by atoms with Gasteiger partial charge in [0.05, 0.1) is 25.3 Å². The van der Waals surface area contributed by atoms with Crippen LogP contribution >= 0.6 is 0 Å². The van der Waals surface area contributed by atoms with E-state index in [1.54, 1.807) is 11.0 Å². The smallest absolute Gasteiger partial charge is 0.430 e. The predicted octanol–water partition coefficient (Wildman–Crippen LogP) is -1.90. The molecule has 2 amide bonds. The number of likely N-dealkylation sites (tertiary alicyclic amines) is 1. The molecule has 1 fully saturated rings. The molecule has 0 saturated carbocycles. The van der Waals surface area contributed by atoms with Gasteiger partial charge in [0.1, 0.15) is 17.4 Å². The van der Waals surface area contributed by atoms with Crippen LogP contribution in [0.4, 0.5) is 0 Å². The van der Waals surface area contributed by atoms with Gasteiger partial charge in [-0.25, -0.2) is 9.59 Å². The van der Waals surface area contributed by atoms with Crippen molar-refractivity contribution in [1.82, 2.24) is 4.90 Å². The van der Waals surface area contributed by atoms with E-state index in [9.17, 15) is 29.5 Å². The summed E-state index contributed by atoms with van der Waals surface area (Å²) >= 11 is 0. The minimum atomic E-state index is -3.11. The fourth-order valence-electron chi connectivity index (χ4n) is 3.53. The molecule has 0 aliphatic carbocycles. The molecule has 0 aromatic heterocycles. The molecule has 1 aromatic rings. The van der Waals surface area contributed by atoms with Crippen molar-refractivity contribution in [2.45, 2.75) is 44.1 Å². The summed E-state index contributed by atoms with van der Waals surface area (Å²) in [6.45, 7) is -2.58. The van der Waals surface area contributed by atoms with Crippen molar-refractivity contribution in [1.29, 1.82) is 0 Å². The van der Waals surface area contributed by atoms with Gasteiger partial charge in [-0.15, -0.1) is 0 Å². The molecular weight excluding hydrogens is 397 g/mol. The topological polar surface area (TPSA) is 187 Å². The minimum Gasteiger partial charge on any atom is -0.669 e. The number of carbonyl (C=O) groups excluding carboxylic acids is 2. The van der Waals surface area contributed by atoms with Crippen molar-refractivity contribution in [3.05, 3.63) is 23.3 Å². The highest BCUT2D eigenvalue weighted by molar-refractivity contribution is 6.59. The monoisotopic (exact) mass is 423 g/mol. The number of aromatic carboxylic acids is 1. The van der Waals surface area contributed by atoms with E-state index in [0.29, 0.717) is 12.0 Å². The summed E-state index contributed by atoms with van der Waals surface area (Å²) in [4.78, 5) is 36.5. The van der Waals surface area contributed by atoms with Crippen molar-refractivity contribution in [2.75, 3.05) is 13.1 Å². The lowest BCUT2D eigenvalue weighted by atomic mass is 9.70. The Kier molecular flexibility index (Phi) is 6.31. The molecule has 164 valence electrons. The van der Waals surface area contributed by atoms with Crippen LogP contribution in [0.15, 0.2) is 12.1 Å². The van der Waals surface area contributed by atoms with Crippen LogP contribution in [0.3, 0.4) is 0 Å². The number of carboxylic acids is 1. The second-order valence-corrected chi connectivity index (χ2v) is 7.83. The van der Waals surface area contributed by atoms with Gasteiger partial charge in [0, 0.05) is 12.5 Å². The van der Waals surface area contributed by atoms with Crippen molar-refractivity contribution in [2.24, 2.45) is 5.73 Å². The Morgan fingerprint density at radius 3 is 2.67 bits per heavy atom. The molecule has 12 heteroatoms. The van der Waals surface area contributed by atoms with Crippen LogP contribution in [0.1, 0.15) is 35.2 Å². The van der Waals surface area contributed by atoms with Crippen LogP contribution in [0.25, 0.3) is 0 Å². The number of fused-ring (bicyclic) bond motifs is 1. The number of ether oxygens (including phenoxy) is 1. The summed E-state index contributed by atoms with van der Waals surface area (Å²) in [5.41, 5.74) is 9.42. The molecule has 1 aromatic carbocycles. The Bertz CT molecular complexity index is 856. The number of quaternary nitrogens is 1. The fraction of sp³-hybridized carbons (Fsp3) is 0.500. The van der Waals surface area contributed by atoms with Crippen molar-refractivity contribution >= 4 is 24.5 Å². The third kappa shape index (κ3) is 5.08. The normalized spacial score (nSPS) is 18.6. The van der Waals surface area contributed by atoms with Gasteiger partial charge in [-0.1, -0.05) is 12.4 Å². The number of hydrogen-bond acceptors (Lipinski definition) is 8. The van der Waals surface area contributed by atoms with E-state index in [1.165, 1.54) is 6.07 Å². The van der Waals surface area contributed by atoms with Crippen molar-refractivity contribution < 1.29 is 44.7 Å². The fourth-order valence-corrected chi connectivity index (χ4v) is 3.53. The lowest BCUT2D eigenvalue weighted by molar-refractivity contribution is -0.305. The Balaban J connectivity index is 1.60. The zero-order valence-corrected chi connectivity index (χ0v) is 16.5. The van der Waals surface area contributed by atoms with Gasteiger partial charge in [-0.05, 0) is 24.5 Å². The van der Waals surface area contributed by atoms with Crippen LogP contribution in [0, 0.1) is 0 Å². The van der Waals surface area contributed by atoms with Crippen LogP contribution in [-0.2, 0) is 16.0 Å². The number of nitrogens with two attached hydrogens (primary N) is 1. The Labute approximate surface area is 172 Å².